The fraction of sp³-hybridized carbons (Fsp3) is 0.286. The van der Waals surface area contributed by atoms with Gasteiger partial charge in [-0.1, -0.05) is 12.1 Å². The van der Waals surface area contributed by atoms with E-state index in [0.717, 1.165) is 17.8 Å². The standard InChI is InChI=1S/C21H19F3N4O5/c1-3-33-20(32)28-13(12-5-6-15(25-10-12)21(22,23)24)8-14(29)17(19(28)31)18(30)27-16-7-4-11(2)9-26-16/h4-7,9-10,13,29H,3,8H2,1-2H3,(H,26,27,30). The van der Waals surface area contributed by atoms with Gasteiger partial charge in [0.25, 0.3) is 11.8 Å². The highest BCUT2D eigenvalue weighted by Crippen LogP contribution is 2.36. The number of halogens is 3. The maximum absolute atomic E-state index is 13.1. The number of aliphatic hydroxyl groups excluding tert-OH is 1. The third-order valence-electron chi connectivity index (χ3n) is 4.73. The van der Waals surface area contributed by atoms with Gasteiger partial charge >= 0.3 is 12.3 Å². The number of carbonyl (C=O) groups excluding carboxylic acids is 3. The Labute approximate surface area is 185 Å². The number of ether oxygens (including phenoxy) is 1. The van der Waals surface area contributed by atoms with Crippen LogP contribution in [0.4, 0.5) is 23.8 Å². The van der Waals surface area contributed by atoms with E-state index in [1.54, 1.807) is 13.0 Å². The Morgan fingerprint density at radius 1 is 1.21 bits per heavy atom. The summed E-state index contributed by atoms with van der Waals surface area (Å²) in [5.41, 5.74) is -1.01. The van der Waals surface area contributed by atoms with Crippen molar-refractivity contribution in [3.63, 3.8) is 0 Å². The number of anilines is 1. The first-order chi connectivity index (χ1) is 15.5. The lowest BCUT2D eigenvalue weighted by molar-refractivity contribution is -0.141. The van der Waals surface area contributed by atoms with Crippen LogP contribution in [0.3, 0.4) is 0 Å². The molecule has 0 spiro atoms. The number of aromatic nitrogens is 2. The molecule has 2 aromatic rings. The molecule has 3 heterocycles. The van der Waals surface area contributed by atoms with Crippen molar-refractivity contribution in [2.24, 2.45) is 0 Å². The second-order valence-electron chi connectivity index (χ2n) is 7.07. The summed E-state index contributed by atoms with van der Waals surface area (Å²) in [7, 11) is 0. The van der Waals surface area contributed by atoms with Crippen LogP contribution in [-0.4, -0.2) is 44.5 Å². The van der Waals surface area contributed by atoms with Gasteiger partial charge in [-0.15, -0.1) is 0 Å². The Morgan fingerprint density at radius 2 is 1.94 bits per heavy atom. The largest absolute Gasteiger partial charge is 0.511 e. The number of alkyl halides is 3. The molecule has 1 aliphatic heterocycles. The molecule has 2 N–H and O–H groups in total. The van der Waals surface area contributed by atoms with E-state index in [2.05, 4.69) is 15.3 Å². The fourth-order valence-electron chi connectivity index (χ4n) is 3.15. The number of imide groups is 1. The quantitative estimate of drug-likeness (QED) is 0.662. The number of rotatable bonds is 4. The van der Waals surface area contributed by atoms with Crippen molar-refractivity contribution in [2.75, 3.05) is 11.9 Å². The first kappa shape index (κ1) is 23.7. The summed E-state index contributed by atoms with van der Waals surface area (Å²) in [5.74, 6) is -2.72. The maximum Gasteiger partial charge on any atom is 0.433 e. The molecule has 0 radical (unpaired) electrons. The summed E-state index contributed by atoms with van der Waals surface area (Å²) in [6.07, 6.45) is -3.91. The smallest absolute Gasteiger partial charge is 0.433 e. The lowest BCUT2D eigenvalue weighted by Crippen LogP contribution is -2.46. The molecule has 1 aliphatic rings. The van der Waals surface area contributed by atoms with Crippen molar-refractivity contribution in [1.82, 2.24) is 14.9 Å². The van der Waals surface area contributed by atoms with Crippen LogP contribution in [0.1, 0.15) is 36.2 Å². The fourth-order valence-corrected chi connectivity index (χ4v) is 3.15. The highest BCUT2D eigenvalue weighted by molar-refractivity contribution is 6.25. The lowest BCUT2D eigenvalue weighted by Gasteiger charge is -2.33. The van der Waals surface area contributed by atoms with Crippen molar-refractivity contribution in [2.45, 2.75) is 32.5 Å². The molecule has 3 rings (SSSR count). The Bertz CT molecular complexity index is 1100. The molecule has 2 aromatic heterocycles. The van der Waals surface area contributed by atoms with Gasteiger partial charge in [0, 0.05) is 18.8 Å². The minimum atomic E-state index is -4.68. The van der Waals surface area contributed by atoms with Crippen LogP contribution < -0.4 is 5.32 Å². The average molecular weight is 464 g/mol. The van der Waals surface area contributed by atoms with Crippen molar-refractivity contribution in [3.8, 4) is 0 Å². The van der Waals surface area contributed by atoms with Gasteiger partial charge in [-0.25, -0.2) is 14.7 Å². The summed E-state index contributed by atoms with van der Waals surface area (Å²) in [5, 5.41) is 12.8. The highest BCUT2D eigenvalue weighted by atomic mass is 19.4. The van der Waals surface area contributed by atoms with Crippen LogP contribution >= 0.6 is 0 Å². The van der Waals surface area contributed by atoms with Crippen molar-refractivity contribution >= 4 is 23.7 Å². The Hall–Kier alpha value is -3.96. The van der Waals surface area contributed by atoms with E-state index in [1.807, 2.05) is 0 Å². The summed E-state index contributed by atoms with van der Waals surface area (Å²) < 4.78 is 43.4. The molecule has 9 nitrogen and oxygen atoms in total. The van der Waals surface area contributed by atoms with E-state index in [0.29, 0.717) is 11.0 Å². The molecule has 0 fully saturated rings. The Morgan fingerprint density at radius 3 is 2.48 bits per heavy atom. The molecule has 174 valence electrons. The number of amides is 3. The van der Waals surface area contributed by atoms with Crippen LogP contribution in [0.2, 0.25) is 0 Å². The number of carbonyl (C=O) groups is 3. The average Bonchev–Trinajstić information content (AvgIpc) is 2.74. The molecular weight excluding hydrogens is 445 g/mol. The van der Waals surface area contributed by atoms with E-state index in [4.69, 9.17) is 4.74 Å². The minimum Gasteiger partial charge on any atom is -0.511 e. The van der Waals surface area contributed by atoms with E-state index in [-0.39, 0.29) is 18.0 Å². The summed E-state index contributed by atoms with van der Waals surface area (Å²) in [4.78, 5) is 46.2. The zero-order valence-electron chi connectivity index (χ0n) is 17.5. The molecule has 0 bridgehead atoms. The first-order valence-electron chi connectivity index (χ1n) is 9.72. The molecule has 0 saturated heterocycles. The number of hydrogen-bond acceptors (Lipinski definition) is 7. The first-order valence-corrected chi connectivity index (χ1v) is 9.72. The van der Waals surface area contributed by atoms with Gasteiger partial charge in [0.2, 0.25) is 0 Å². The number of nitrogens with one attached hydrogen (secondary N) is 1. The van der Waals surface area contributed by atoms with E-state index < -0.39 is 53.6 Å². The molecular formula is C21H19F3N4O5. The maximum atomic E-state index is 13.1. The topological polar surface area (TPSA) is 122 Å². The number of hydrogen-bond donors (Lipinski definition) is 2. The summed E-state index contributed by atoms with van der Waals surface area (Å²) in [6.45, 7) is 3.17. The van der Waals surface area contributed by atoms with Crippen LogP contribution in [0.15, 0.2) is 48.0 Å². The predicted molar refractivity (Wildman–Crippen MR) is 108 cm³/mol. The monoisotopic (exact) mass is 464 g/mol. The number of aryl methyl sites for hydroxylation is 1. The second-order valence-corrected chi connectivity index (χ2v) is 7.07. The zero-order valence-corrected chi connectivity index (χ0v) is 17.5. The van der Waals surface area contributed by atoms with Crippen molar-refractivity contribution < 1.29 is 37.4 Å². The third-order valence-corrected chi connectivity index (χ3v) is 4.73. The van der Waals surface area contributed by atoms with Crippen LogP contribution in [-0.2, 0) is 20.5 Å². The van der Waals surface area contributed by atoms with Crippen molar-refractivity contribution in [3.05, 3.63) is 64.8 Å². The molecule has 0 aliphatic carbocycles. The molecule has 0 aromatic carbocycles. The molecule has 0 saturated carbocycles. The number of nitrogens with zero attached hydrogens (tertiary/aromatic N) is 3. The number of pyridine rings is 2. The molecule has 1 atom stereocenters. The normalized spacial score (nSPS) is 16.6. The Kier molecular flexibility index (Phi) is 6.65. The summed E-state index contributed by atoms with van der Waals surface area (Å²) >= 11 is 0. The third kappa shape index (κ3) is 5.10. The van der Waals surface area contributed by atoms with E-state index in [9.17, 15) is 32.7 Å². The van der Waals surface area contributed by atoms with Gasteiger partial charge in [-0.05, 0) is 37.1 Å². The van der Waals surface area contributed by atoms with E-state index in [1.165, 1.54) is 19.2 Å². The minimum absolute atomic E-state index is 0.0376. The van der Waals surface area contributed by atoms with Gasteiger partial charge in [0.05, 0.1) is 12.6 Å². The van der Waals surface area contributed by atoms with Gasteiger partial charge in [-0.3, -0.25) is 14.6 Å². The van der Waals surface area contributed by atoms with Gasteiger partial charge in [0.15, 0.2) is 0 Å². The van der Waals surface area contributed by atoms with Crippen LogP contribution in [0, 0.1) is 6.92 Å². The summed E-state index contributed by atoms with van der Waals surface area (Å²) in [6, 6.07) is 3.64. The van der Waals surface area contributed by atoms with Crippen LogP contribution in [0.5, 0.6) is 0 Å². The SMILES string of the molecule is CCOC(=O)N1C(=O)C(C(=O)Nc2ccc(C)cn2)=C(O)CC1c1ccc(C(F)(F)F)nc1. The number of aliphatic hydroxyl groups is 1. The Balaban J connectivity index is 1.96. The molecule has 33 heavy (non-hydrogen) atoms. The molecule has 3 amide bonds. The van der Waals surface area contributed by atoms with Crippen molar-refractivity contribution in [1.29, 1.82) is 0 Å². The highest BCUT2D eigenvalue weighted by Gasteiger charge is 2.43. The van der Waals surface area contributed by atoms with Gasteiger partial charge < -0.3 is 15.2 Å². The second kappa shape index (κ2) is 9.27. The molecule has 12 heteroatoms. The zero-order chi connectivity index (χ0) is 24.3. The molecule has 1 unspecified atom stereocenters. The van der Waals surface area contributed by atoms with Gasteiger partial charge in [0.1, 0.15) is 22.8 Å². The lowest BCUT2D eigenvalue weighted by atomic mass is 9.94. The predicted octanol–water partition coefficient (Wildman–Crippen LogP) is 3.68. The van der Waals surface area contributed by atoms with Crippen LogP contribution in [0.25, 0.3) is 0 Å². The van der Waals surface area contributed by atoms with E-state index >= 15 is 0 Å². The van der Waals surface area contributed by atoms with Gasteiger partial charge in [-0.2, -0.15) is 13.2 Å².